The molecule has 1 aromatic rings. The van der Waals surface area contributed by atoms with E-state index in [1.807, 2.05) is 13.8 Å². The van der Waals surface area contributed by atoms with Crippen LogP contribution in [0.2, 0.25) is 5.02 Å². The van der Waals surface area contributed by atoms with Gasteiger partial charge in [0.25, 0.3) is 0 Å². The number of benzene rings is 1. The molecule has 0 aliphatic heterocycles. The first-order valence-corrected chi connectivity index (χ1v) is 4.38. The van der Waals surface area contributed by atoms with E-state index >= 15 is 0 Å². The molecule has 0 aliphatic carbocycles. The summed E-state index contributed by atoms with van der Waals surface area (Å²) >= 11 is 5.72. The predicted octanol–water partition coefficient (Wildman–Crippen LogP) is 3.42. The minimum atomic E-state index is -0.464. The van der Waals surface area contributed by atoms with Crippen LogP contribution < -0.4 is 0 Å². The Hall–Kier alpha value is -0.890. The molecule has 0 fully saturated rings. The minimum absolute atomic E-state index is 0.0243. The van der Waals surface area contributed by atoms with Crippen LogP contribution in [0.5, 0.6) is 0 Å². The van der Waals surface area contributed by atoms with Gasteiger partial charge < -0.3 is 0 Å². The van der Waals surface area contributed by atoms with Crippen LogP contribution in [0.3, 0.4) is 0 Å². The summed E-state index contributed by atoms with van der Waals surface area (Å²) < 4.78 is 13.4. The second-order valence-electron chi connectivity index (χ2n) is 3.17. The second-order valence-corrected chi connectivity index (χ2v) is 3.61. The predicted molar refractivity (Wildman–Crippen MR) is 50.9 cm³/mol. The van der Waals surface area contributed by atoms with Crippen LogP contribution in [0.1, 0.15) is 35.7 Å². The van der Waals surface area contributed by atoms with Crippen LogP contribution in [-0.4, -0.2) is 6.29 Å². The largest absolute Gasteiger partial charge is 0.298 e. The molecule has 1 nitrogen and oxygen atoms in total. The number of aldehydes is 1. The van der Waals surface area contributed by atoms with Crippen molar-refractivity contribution in [2.75, 3.05) is 0 Å². The lowest BCUT2D eigenvalue weighted by Crippen LogP contribution is -1.97. The maximum atomic E-state index is 13.4. The Morgan fingerprint density at radius 3 is 2.54 bits per heavy atom. The van der Waals surface area contributed by atoms with E-state index in [1.54, 1.807) is 6.07 Å². The third-order valence-corrected chi connectivity index (χ3v) is 2.06. The molecule has 1 aromatic carbocycles. The maximum Gasteiger partial charge on any atom is 0.153 e. The molecule has 0 radical (unpaired) electrons. The third kappa shape index (κ3) is 2.07. The first-order valence-electron chi connectivity index (χ1n) is 4.00. The topological polar surface area (TPSA) is 17.1 Å². The van der Waals surface area contributed by atoms with E-state index in [0.717, 1.165) is 0 Å². The van der Waals surface area contributed by atoms with Crippen LogP contribution in [0.25, 0.3) is 0 Å². The summed E-state index contributed by atoms with van der Waals surface area (Å²) in [7, 11) is 0. The first kappa shape index (κ1) is 10.2. The molecule has 1 rings (SSSR count). The SMILES string of the molecule is CC(C)c1cc(Cl)cc(C=O)c1F. The van der Waals surface area contributed by atoms with E-state index in [0.29, 0.717) is 16.9 Å². The number of hydrogen-bond acceptors (Lipinski definition) is 1. The van der Waals surface area contributed by atoms with Crippen LogP contribution >= 0.6 is 11.6 Å². The van der Waals surface area contributed by atoms with Crippen molar-refractivity contribution in [2.24, 2.45) is 0 Å². The summed E-state index contributed by atoms with van der Waals surface area (Å²) in [6.07, 6.45) is 0.479. The average molecular weight is 201 g/mol. The first-order chi connectivity index (χ1) is 6.06. The smallest absolute Gasteiger partial charge is 0.153 e. The van der Waals surface area contributed by atoms with Crippen molar-refractivity contribution in [2.45, 2.75) is 19.8 Å². The average Bonchev–Trinajstić information content (AvgIpc) is 2.08. The Kier molecular flexibility index (Phi) is 3.04. The van der Waals surface area contributed by atoms with E-state index in [-0.39, 0.29) is 11.5 Å². The highest BCUT2D eigenvalue weighted by Crippen LogP contribution is 2.24. The van der Waals surface area contributed by atoms with Crippen molar-refractivity contribution < 1.29 is 9.18 Å². The van der Waals surface area contributed by atoms with Crippen molar-refractivity contribution in [3.8, 4) is 0 Å². The highest BCUT2D eigenvalue weighted by atomic mass is 35.5. The summed E-state index contributed by atoms with van der Waals surface area (Å²) in [6.45, 7) is 3.70. The molecule has 0 N–H and O–H groups in total. The zero-order chi connectivity index (χ0) is 10.0. The molecule has 0 saturated carbocycles. The van der Waals surface area contributed by atoms with Crippen molar-refractivity contribution in [3.63, 3.8) is 0 Å². The molecule has 0 bridgehead atoms. The van der Waals surface area contributed by atoms with Crippen LogP contribution in [0.15, 0.2) is 12.1 Å². The fourth-order valence-corrected chi connectivity index (χ4v) is 1.37. The van der Waals surface area contributed by atoms with Gasteiger partial charge in [-0.1, -0.05) is 25.4 Å². The van der Waals surface area contributed by atoms with Gasteiger partial charge in [0.15, 0.2) is 6.29 Å². The van der Waals surface area contributed by atoms with Crippen LogP contribution in [0.4, 0.5) is 4.39 Å². The van der Waals surface area contributed by atoms with E-state index < -0.39 is 5.82 Å². The van der Waals surface area contributed by atoms with E-state index in [1.165, 1.54) is 6.07 Å². The molecule has 70 valence electrons. The summed E-state index contributed by atoms with van der Waals surface area (Å²) in [5.74, 6) is -0.438. The lowest BCUT2D eigenvalue weighted by Gasteiger charge is -2.08. The zero-order valence-electron chi connectivity index (χ0n) is 7.47. The second kappa shape index (κ2) is 3.88. The lowest BCUT2D eigenvalue weighted by molar-refractivity contribution is 0.111. The summed E-state index contributed by atoms with van der Waals surface area (Å²) in [5, 5.41) is 0.396. The van der Waals surface area contributed by atoms with Gasteiger partial charge in [-0.2, -0.15) is 0 Å². The Morgan fingerprint density at radius 1 is 1.46 bits per heavy atom. The quantitative estimate of drug-likeness (QED) is 0.669. The highest BCUT2D eigenvalue weighted by molar-refractivity contribution is 6.30. The Labute approximate surface area is 81.5 Å². The van der Waals surface area contributed by atoms with Crippen molar-refractivity contribution in [1.29, 1.82) is 0 Å². The molecular formula is C10H10ClFO. The number of carbonyl (C=O) groups is 1. The van der Waals surface area contributed by atoms with Crippen molar-refractivity contribution >= 4 is 17.9 Å². The van der Waals surface area contributed by atoms with Gasteiger partial charge in [-0.3, -0.25) is 4.79 Å². The number of rotatable bonds is 2. The molecule has 3 heteroatoms. The highest BCUT2D eigenvalue weighted by Gasteiger charge is 2.12. The fourth-order valence-electron chi connectivity index (χ4n) is 1.14. The maximum absolute atomic E-state index is 13.4. The Morgan fingerprint density at radius 2 is 2.08 bits per heavy atom. The van der Waals surface area contributed by atoms with E-state index in [4.69, 9.17) is 11.6 Å². The van der Waals surface area contributed by atoms with Crippen molar-refractivity contribution in [3.05, 3.63) is 34.1 Å². The van der Waals surface area contributed by atoms with Gasteiger partial charge >= 0.3 is 0 Å². The molecular weight excluding hydrogens is 191 g/mol. The standard InChI is InChI=1S/C10H10ClFO/c1-6(2)9-4-8(11)3-7(5-13)10(9)12/h3-6H,1-2H3. The minimum Gasteiger partial charge on any atom is -0.298 e. The summed E-state index contributed by atoms with van der Waals surface area (Å²) in [4.78, 5) is 10.5. The zero-order valence-corrected chi connectivity index (χ0v) is 8.23. The molecule has 0 aromatic heterocycles. The number of hydrogen-bond donors (Lipinski definition) is 0. The summed E-state index contributed by atoms with van der Waals surface area (Å²) in [5.41, 5.74) is 0.505. The molecule has 0 amide bonds. The summed E-state index contributed by atoms with van der Waals surface area (Å²) in [6, 6.07) is 2.88. The van der Waals surface area contributed by atoms with Gasteiger partial charge in [0, 0.05) is 5.02 Å². The van der Waals surface area contributed by atoms with Crippen LogP contribution in [0, 0.1) is 5.82 Å². The molecule has 0 saturated heterocycles. The normalized spacial score (nSPS) is 10.5. The Bertz CT molecular complexity index is 334. The monoisotopic (exact) mass is 200 g/mol. The molecule has 13 heavy (non-hydrogen) atoms. The third-order valence-electron chi connectivity index (χ3n) is 1.84. The lowest BCUT2D eigenvalue weighted by atomic mass is 10.0. The fraction of sp³-hybridized carbons (Fsp3) is 0.300. The van der Waals surface area contributed by atoms with Gasteiger partial charge in [0.1, 0.15) is 5.82 Å². The van der Waals surface area contributed by atoms with E-state index in [2.05, 4.69) is 0 Å². The van der Waals surface area contributed by atoms with Gasteiger partial charge in [-0.05, 0) is 23.6 Å². The Balaban J connectivity index is 3.35. The molecule has 0 spiro atoms. The van der Waals surface area contributed by atoms with Gasteiger partial charge in [-0.15, -0.1) is 0 Å². The molecule has 0 atom stereocenters. The molecule has 0 aliphatic rings. The van der Waals surface area contributed by atoms with Crippen molar-refractivity contribution in [1.82, 2.24) is 0 Å². The number of halogens is 2. The van der Waals surface area contributed by atoms with E-state index in [9.17, 15) is 9.18 Å². The van der Waals surface area contributed by atoms with Crippen LogP contribution in [-0.2, 0) is 0 Å². The molecule has 0 unspecified atom stereocenters. The van der Waals surface area contributed by atoms with Gasteiger partial charge in [0.05, 0.1) is 5.56 Å². The molecule has 0 heterocycles. The van der Waals surface area contributed by atoms with Gasteiger partial charge in [-0.25, -0.2) is 4.39 Å². The number of carbonyl (C=O) groups excluding carboxylic acids is 1. The van der Waals surface area contributed by atoms with Gasteiger partial charge in [0.2, 0.25) is 0 Å².